The van der Waals surface area contributed by atoms with E-state index < -0.39 is 6.10 Å². The number of hydrogen-bond acceptors (Lipinski definition) is 2. The van der Waals surface area contributed by atoms with Crippen molar-refractivity contribution in [3.63, 3.8) is 0 Å². The van der Waals surface area contributed by atoms with Gasteiger partial charge in [-0.25, -0.2) is 0 Å². The molecule has 1 N–H and O–H groups in total. The standard InChI is InChI=1S/C8H8OS/c1-2-3-8(9)7-4-5-10-6-7/h4-6,8-9H,1H3. The second-order valence-corrected chi connectivity index (χ2v) is 2.63. The maximum atomic E-state index is 9.24. The maximum Gasteiger partial charge on any atom is 0.141 e. The first-order valence-electron chi connectivity index (χ1n) is 2.97. The van der Waals surface area contributed by atoms with Crippen molar-refractivity contribution in [1.29, 1.82) is 0 Å². The molecule has 0 aliphatic rings. The number of hydrogen-bond donors (Lipinski definition) is 1. The fourth-order valence-corrected chi connectivity index (χ4v) is 1.33. The highest BCUT2D eigenvalue weighted by atomic mass is 32.1. The van der Waals surface area contributed by atoms with E-state index in [1.165, 1.54) is 0 Å². The fourth-order valence-electron chi connectivity index (χ4n) is 0.651. The molecule has 52 valence electrons. The van der Waals surface area contributed by atoms with Crippen LogP contribution in [0, 0.1) is 11.8 Å². The first-order valence-corrected chi connectivity index (χ1v) is 3.91. The molecular weight excluding hydrogens is 144 g/mol. The van der Waals surface area contributed by atoms with E-state index in [0.717, 1.165) is 5.56 Å². The summed E-state index contributed by atoms with van der Waals surface area (Å²) in [5.74, 6) is 5.32. The van der Waals surface area contributed by atoms with Gasteiger partial charge in [0.1, 0.15) is 6.10 Å². The van der Waals surface area contributed by atoms with Crippen LogP contribution in [0.1, 0.15) is 18.6 Å². The Balaban J connectivity index is 2.74. The lowest BCUT2D eigenvalue weighted by Gasteiger charge is -1.96. The van der Waals surface area contributed by atoms with Gasteiger partial charge in [-0.15, -0.1) is 5.92 Å². The van der Waals surface area contributed by atoms with E-state index in [1.54, 1.807) is 18.3 Å². The van der Waals surface area contributed by atoms with E-state index in [9.17, 15) is 5.11 Å². The predicted molar refractivity (Wildman–Crippen MR) is 42.7 cm³/mol. The molecule has 10 heavy (non-hydrogen) atoms. The van der Waals surface area contributed by atoms with Gasteiger partial charge in [-0.2, -0.15) is 11.3 Å². The van der Waals surface area contributed by atoms with E-state index in [2.05, 4.69) is 11.8 Å². The summed E-state index contributed by atoms with van der Waals surface area (Å²) < 4.78 is 0. The number of aliphatic hydroxyl groups is 1. The van der Waals surface area contributed by atoms with E-state index in [0.29, 0.717) is 0 Å². The molecule has 1 atom stereocenters. The van der Waals surface area contributed by atoms with Crippen LogP contribution >= 0.6 is 11.3 Å². The van der Waals surface area contributed by atoms with Crippen molar-refractivity contribution in [2.24, 2.45) is 0 Å². The Bertz CT molecular complexity index is 240. The third-order valence-corrected chi connectivity index (χ3v) is 1.84. The first kappa shape index (κ1) is 7.33. The van der Waals surface area contributed by atoms with Crippen molar-refractivity contribution in [3.05, 3.63) is 22.4 Å². The molecule has 0 saturated carbocycles. The molecule has 0 aromatic carbocycles. The van der Waals surface area contributed by atoms with Crippen LogP contribution in [0.4, 0.5) is 0 Å². The summed E-state index contributed by atoms with van der Waals surface area (Å²) in [7, 11) is 0. The molecule has 0 amide bonds. The van der Waals surface area contributed by atoms with Gasteiger partial charge >= 0.3 is 0 Å². The summed E-state index contributed by atoms with van der Waals surface area (Å²) in [6.45, 7) is 1.72. The quantitative estimate of drug-likeness (QED) is 0.608. The number of rotatable bonds is 1. The molecule has 1 aromatic heterocycles. The zero-order chi connectivity index (χ0) is 7.40. The van der Waals surface area contributed by atoms with Crippen LogP contribution in [-0.2, 0) is 0 Å². The van der Waals surface area contributed by atoms with Crippen LogP contribution in [0.5, 0.6) is 0 Å². The summed E-state index contributed by atoms with van der Waals surface area (Å²) >= 11 is 1.57. The fraction of sp³-hybridized carbons (Fsp3) is 0.250. The van der Waals surface area contributed by atoms with Gasteiger partial charge in [0.05, 0.1) is 0 Å². The second-order valence-electron chi connectivity index (χ2n) is 1.85. The predicted octanol–water partition coefficient (Wildman–Crippen LogP) is 1.80. The zero-order valence-corrected chi connectivity index (χ0v) is 6.48. The average Bonchev–Trinajstić information content (AvgIpc) is 2.38. The van der Waals surface area contributed by atoms with Crippen LogP contribution in [0.25, 0.3) is 0 Å². The molecule has 1 unspecified atom stereocenters. The van der Waals surface area contributed by atoms with Crippen molar-refractivity contribution < 1.29 is 5.11 Å². The monoisotopic (exact) mass is 152 g/mol. The van der Waals surface area contributed by atoms with E-state index in [1.807, 2.05) is 16.8 Å². The van der Waals surface area contributed by atoms with Crippen molar-refractivity contribution in [2.75, 3.05) is 0 Å². The highest BCUT2D eigenvalue weighted by molar-refractivity contribution is 7.07. The molecule has 0 aliphatic heterocycles. The Morgan fingerprint density at radius 1 is 1.70 bits per heavy atom. The highest BCUT2D eigenvalue weighted by Gasteiger charge is 2.01. The summed E-state index contributed by atoms with van der Waals surface area (Å²) in [5.41, 5.74) is 0.888. The molecule has 0 radical (unpaired) electrons. The highest BCUT2D eigenvalue weighted by Crippen LogP contribution is 2.14. The molecular formula is C8H8OS. The number of aliphatic hydroxyl groups excluding tert-OH is 1. The molecule has 0 bridgehead atoms. The molecule has 0 spiro atoms. The van der Waals surface area contributed by atoms with Crippen LogP contribution in [0.3, 0.4) is 0 Å². The average molecular weight is 152 g/mol. The van der Waals surface area contributed by atoms with Gasteiger partial charge in [-0.05, 0) is 23.8 Å². The van der Waals surface area contributed by atoms with Gasteiger partial charge in [0.25, 0.3) is 0 Å². The van der Waals surface area contributed by atoms with Gasteiger partial charge in [-0.1, -0.05) is 5.92 Å². The third-order valence-electron chi connectivity index (χ3n) is 1.14. The summed E-state index contributed by atoms with van der Waals surface area (Å²) in [6.07, 6.45) is -0.601. The Kier molecular flexibility index (Phi) is 2.49. The van der Waals surface area contributed by atoms with Crippen molar-refractivity contribution in [3.8, 4) is 11.8 Å². The maximum absolute atomic E-state index is 9.24. The molecule has 1 aromatic rings. The van der Waals surface area contributed by atoms with Crippen LogP contribution in [0.2, 0.25) is 0 Å². The van der Waals surface area contributed by atoms with Crippen molar-refractivity contribution in [2.45, 2.75) is 13.0 Å². The molecule has 1 heterocycles. The molecule has 0 saturated heterocycles. The molecule has 1 rings (SSSR count). The minimum atomic E-state index is -0.601. The smallest absolute Gasteiger partial charge is 0.141 e. The third kappa shape index (κ3) is 1.60. The minimum absolute atomic E-state index is 0.601. The molecule has 1 nitrogen and oxygen atoms in total. The largest absolute Gasteiger partial charge is 0.376 e. The Morgan fingerprint density at radius 3 is 3.00 bits per heavy atom. The first-order chi connectivity index (χ1) is 4.84. The van der Waals surface area contributed by atoms with Gasteiger partial charge < -0.3 is 5.11 Å². The van der Waals surface area contributed by atoms with Crippen LogP contribution in [0.15, 0.2) is 16.8 Å². The lowest BCUT2D eigenvalue weighted by atomic mass is 10.2. The normalized spacial score (nSPS) is 11.8. The van der Waals surface area contributed by atoms with Gasteiger partial charge in [0.15, 0.2) is 0 Å². The molecule has 0 aliphatic carbocycles. The number of thiophene rings is 1. The Morgan fingerprint density at radius 2 is 2.50 bits per heavy atom. The van der Waals surface area contributed by atoms with Crippen LogP contribution < -0.4 is 0 Å². The molecule has 0 fully saturated rings. The summed E-state index contributed by atoms with van der Waals surface area (Å²) in [6, 6.07) is 1.87. The Hall–Kier alpha value is -0.780. The van der Waals surface area contributed by atoms with Gasteiger partial charge in [0.2, 0.25) is 0 Å². The van der Waals surface area contributed by atoms with Crippen molar-refractivity contribution >= 4 is 11.3 Å². The van der Waals surface area contributed by atoms with E-state index in [-0.39, 0.29) is 0 Å². The minimum Gasteiger partial charge on any atom is -0.376 e. The summed E-state index contributed by atoms with van der Waals surface area (Å²) in [5, 5.41) is 13.1. The SMILES string of the molecule is CC#CC(O)c1ccsc1. The Labute approximate surface area is 64.3 Å². The van der Waals surface area contributed by atoms with Gasteiger partial charge in [-0.3, -0.25) is 0 Å². The lowest BCUT2D eigenvalue weighted by molar-refractivity contribution is 0.239. The van der Waals surface area contributed by atoms with Crippen LogP contribution in [-0.4, -0.2) is 5.11 Å². The van der Waals surface area contributed by atoms with E-state index >= 15 is 0 Å². The zero-order valence-electron chi connectivity index (χ0n) is 5.66. The summed E-state index contributed by atoms with van der Waals surface area (Å²) in [4.78, 5) is 0. The van der Waals surface area contributed by atoms with E-state index in [4.69, 9.17) is 0 Å². The molecule has 2 heteroatoms. The lowest BCUT2D eigenvalue weighted by Crippen LogP contribution is -1.89. The second kappa shape index (κ2) is 3.40. The topological polar surface area (TPSA) is 20.2 Å². The van der Waals surface area contributed by atoms with Crippen molar-refractivity contribution in [1.82, 2.24) is 0 Å². The van der Waals surface area contributed by atoms with Gasteiger partial charge in [0, 0.05) is 5.56 Å².